The van der Waals surface area contributed by atoms with E-state index in [1.54, 1.807) is 26.0 Å². The molecule has 1 unspecified atom stereocenters. The number of ketones is 1. The molecule has 0 fully saturated rings. The average molecular weight is 429 g/mol. The fourth-order valence-corrected chi connectivity index (χ4v) is 3.61. The van der Waals surface area contributed by atoms with E-state index in [0.29, 0.717) is 28.5 Å². The second-order valence-corrected chi connectivity index (χ2v) is 7.29. The average Bonchev–Trinajstić information content (AvgIpc) is 3.03. The number of benzene rings is 2. The summed E-state index contributed by atoms with van der Waals surface area (Å²) in [6, 6.07) is 7.48. The van der Waals surface area contributed by atoms with Gasteiger partial charge in [0.25, 0.3) is 5.91 Å². The van der Waals surface area contributed by atoms with Crippen LogP contribution in [0.25, 0.3) is 0 Å². The lowest BCUT2D eigenvalue weighted by molar-refractivity contribution is -0.119. The van der Waals surface area contributed by atoms with Crippen LogP contribution in [0.1, 0.15) is 25.5 Å². The number of halogens is 1. The molecule has 1 N–H and O–H groups in total. The van der Waals surface area contributed by atoms with Crippen LogP contribution in [0.4, 0.5) is 10.1 Å². The third kappa shape index (κ3) is 3.81. The molecule has 0 spiro atoms. The molecular weight excluding hydrogens is 405 g/mol. The number of rotatable bonds is 7. The summed E-state index contributed by atoms with van der Waals surface area (Å²) >= 11 is 0. The summed E-state index contributed by atoms with van der Waals surface area (Å²) in [5.74, 6) is -1.73. The van der Waals surface area contributed by atoms with E-state index >= 15 is 0 Å². The molecule has 2 aromatic rings. The Hall–Kier alpha value is -3.55. The van der Waals surface area contributed by atoms with Gasteiger partial charge in [-0.3, -0.25) is 14.5 Å². The standard InChI is InChI=1S/C23H24FNO6/c1-12(2)20(26)18-19(13-10-16(29-3)22(31-5)17(11-13)30-4)25(23(28)21(18)27)15-8-6-14(24)7-9-15/h6-12,19,27H,1-5H3. The fraction of sp³-hybridized carbons (Fsp3) is 0.304. The molecule has 31 heavy (non-hydrogen) atoms. The Morgan fingerprint density at radius 2 is 1.58 bits per heavy atom. The van der Waals surface area contributed by atoms with Crippen LogP contribution in [0, 0.1) is 11.7 Å². The second kappa shape index (κ2) is 8.67. The lowest BCUT2D eigenvalue weighted by Gasteiger charge is -2.28. The molecule has 1 aliphatic rings. The number of anilines is 1. The number of Topliss-reactive ketones (excluding diaryl/α,β-unsaturated/α-hetero) is 1. The monoisotopic (exact) mass is 429 g/mol. The van der Waals surface area contributed by atoms with Gasteiger partial charge in [-0.25, -0.2) is 4.39 Å². The Labute approximate surface area is 179 Å². The molecule has 1 atom stereocenters. The maximum absolute atomic E-state index is 13.5. The highest BCUT2D eigenvalue weighted by Crippen LogP contribution is 2.46. The predicted octanol–water partition coefficient (Wildman–Crippen LogP) is 3.98. The molecular formula is C23H24FNO6. The third-order valence-electron chi connectivity index (χ3n) is 5.11. The molecule has 0 radical (unpaired) electrons. The quantitative estimate of drug-likeness (QED) is 0.717. The van der Waals surface area contributed by atoms with Crippen LogP contribution in [0.15, 0.2) is 47.7 Å². The molecule has 1 amide bonds. The van der Waals surface area contributed by atoms with Crippen molar-refractivity contribution in [2.75, 3.05) is 26.2 Å². The normalized spacial score (nSPS) is 16.2. The van der Waals surface area contributed by atoms with Gasteiger partial charge in [0, 0.05) is 11.6 Å². The smallest absolute Gasteiger partial charge is 0.294 e. The van der Waals surface area contributed by atoms with Crippen molar-refractivity contribution >= 4 is 17.4 Å². The van der Waals surface area contributed by atoms with Gasteiger partial charge in [0.05, 0.1) is 32.9 Å². The number of hydrogen-bond acceptors (Lipinski definition) is 6. The van der Waals surface area contributed by atoms with Gasteiger partial charge in [-0.1, -0.05) is 13.8 Å². The first kappa shape index (κ1) is 22.1. The maximum atomic E-state index is 13.5. The minimum Gasteiger partial charge on any atom is -0.503 e. The van der Waals surface area contributed by atoms with Gasteiger partial charge in [0.15, 0.2) is 23.0 Å². The Bertz CT molecular complexity index is 1020. The van der Waals surface area contributed by atoms with Crippen LogP contribution in [0.2, 0.25) is 0 Å². The van der Waals surface area contributed by atoms with Crippen molar-refractivity contribution < 1.29 is 33.3 Å². The first-order chi connectivity index (χ1) is 14.7. The summed E-state index contributed by atoms with van der Waals surface area (Å²) in [7, 11) is 4.36. The first-order valence-corrected chi connectivity index (χ1v) is 9.61. The van der Waals surface area contributed by atoms with Gasteiger partial charge in [-0.2, -0.15) is 0 Å². The zero-order valence-corrected chi connectivity index (χ0v) is 17.9. The zero-order chi connectivity index (χ0) is 22.9. The van der Waals surface area contributed by atoms with E-state index in [4.69, 9.17) is 14.2 Å². The molecule has 8 heteroatoms. The van der Waals surface area contributed by atoms with Crippen LogP contribution in [0.5, 0.6) is 17.2 Å². The van der Waals surface area contributed by atoms with Crippen molar-refractivity contribution in [1.82, 2.24) is 0 Å². The molecule has 0 aromatic heterocycles. The number of carbonyl (C=O) groups excluding carboxylic acids is 2. The molecule has 0 saturated heterocycles. The highest BCUT2D eigenvalue weighted by molar-refractivity contribution is 6.16. The van der Waals surface area contributed by atoms with Crippen LogP contribution in [0.3, 0.4) is 0 Å². The summed E-state index contributed by atoms with van der Waals surface area (Å²) in [6.45, 7) is 3.36. The number of hydrogen-bond donors (Lipinski definition) is 1. The topological polar surface area (TPSA) is 85.3 Å². The summed E-state index contributed by atoms with van der Waals surface area (Å²) < 4.78 is 29.7. The first-order valence-electron chi connectivity index (χ1n) is 9.61. The van der Waals surface area contributed by atoms with E-state index in [1.165, 1.54) is 50.5 Å². The number of aliphatic hydroxyl groups is 1. The van der Waals surface area contributed by atoms with Crippen molar-refractivity contribution in [3.8, 4) is 17.2 Å². The van der Waals surface area contributed by atoms with Crippen molar-refractivity contribution in [1.29, 1.82) is 0 Å². The zero-order valence-electron chi connectivity index (χ0n) is 17.9. The van der Waals surface area contributed by atoms with Gasteiger partial charge in [0.1, 0.15) is 5.82 Å². The number of aliphatic hydroxyl groups excluding tert-OH is 1. The van der Waals surface area contributed by atoms with E-state index in [1.807, 2.05) is 0 Å². The van der Waals surface area contributed by atoms with Crippen LogP contribution in [-0.2, 0) is 9.59 Å². The summed E-state index contributed by atoms with van der Waals surface area (Å²) in [6.07, 6.45) is 0. The largest absolute Gasteiger partial charge is 0.503 e. The van der Waals surface area contributed by atoms with Gasteiger partial charge < -0.3 is 19.3 Å². The SMILES string of the molecule is COc1cc(C2C(C(=O)C(C)C)=C(O)C(=O)N2c2ccc(F)cc2)cc(OC)c1OC. The number of methoxy groups -OCH3 is 3. The molecule has 2 aromatic carbocycles. The van der Waals surface area contributed by atoms with Crippen molar-refractivity contribution in [3.05, 3.63) is 59.1 Å². The molecule has 0 saturated carbocycles. The van der Waals surface area contributed by atoms with Gasteiger partial charge in [-0.15, -0.1) is 0 Å². The molecule has 164 valence electrons. The third-order valence-corrected chi connectivity index (χ3v) is 5.11. The van der Waals surface area contributed by atoms with Gasteiger partial charge >= 0.3 is 0 Å². The molecule has 7 nitrogen and oxygen atoms in total. The second-order valence-electron chi connectivity index (χ2n) is 7.29. The molecule has 3 rings (SSSR count). The van der Waals surface area contributed by atoms with Crippen molar-refractivity contribution in [2.45, 2.75) is 19.9 Å². The van der Waals surface area contributed by atoms with Crippen LogP contribution < -0.4 is 19.1 Å². The maximum Gasteiger partial charge on any atom is 0.294 e. The Kier molecular flexibility index (Phi) is 6.19. The number of carbonyl (C=O) groups is 2. The van der Waals surface area contributed by atoms with Crippen molar-refractivity contribution in [3.63, 3.8) is 0 Å². The Morgan fingerprint density at radius 1 is 1.03 bits per heavy atom. The van der Waals surface area contributed by atoms with Gasteiger partial charge in [0.2, 0.25) is 5.75 Å². The van der Waals surface area contributed by atoms with Gasteiger partial charge in [-0.05, 0) is 42.0 Å². The Balaban J connectivity index is 2.27. The highest BCUT2D eigenvalue weighted by Gasteiger charge is 2.45. The van der Waals surface area contributed by atoms with Crippen LogP contribution in [-0.4, -0.2) is 38.1 Å². The van der Waals surface area contributed by atoms with E-state index < -0.39 is 29.4 Å². The lowest BCUT2D eigenvalue weighted by atomic mass is 9.90. The fourth-order valence-electron chi connectivity index (χ4n) is 3.61. The lowest BCUT2D eigenvalue weighted by Crippen LogP contribution is -2.31. The number of ether oxygens (including phenoxy) is 3. The molecule has 0 aliphatic carbocycles. The minimum absolute atomic E-state index is 0.0430. The Morgan fingerprint density at radius 3 is 2.03 bits per heavy atom. The van der Waals surface area contributed by atoms with E-state index in [2.05, 4.69) is 0 Å². The number of amides is 1. The van der Waals surface area contributed by atoms with E-state index in [0.717, 1.165) is 0 Å². The summed E-state index contributed by atoms with van der Waals surface area (Å²) in [5.41, 5.74) is 0.738. The molecule has 1 heterocycles. The predicted molar refractivity (Wildman–Crippen MR) is 112 cm³/mol. The molecule has 0 bridgehead atoms. The number of nitrogens with zero attached hydrogens (tertiary/aromatic N) is 1. The van der Waals surface area contributed by atoms with Crippen molar-refractivity contribution in [2.24, 2.45) is 5.92 Å². The highest BCUT2D eigenvalue weighted by atomic mass is 19.1. The van der Waals surface area contributed by atoms with E-state index in [9.17, 15) is 19.1 Å². The molecule has 1 aliphatic heterocycles. The van der Waals surface area contributed by atoms with Crippen LogP contribution >= 0.6 is 0 Å². The summed E-state index contributed by atoms with van der Waals surface area (Å²) in [4.78, 5) is 27.3. The van der Waals surface area contributed by atoms with E-state index in [-0.39, 0.29) is 11.4 Å². The summed E-state index contributed by atoms with van der Waals surface area (Å²) in [5, 5.41) is 10.7. The minimum atomic E-state index is -0.971.